The van der Waals surface area contributed by atoms with E-state index in [1.165, 1.54) is 30.0 Å². The number of hydrogen-bond donors (Lipinski definition) is 1. The van der Waals surface area contributed by atoms with Crippen molar-refractivity contribution in [1.82, 2.24) is 14.8 Å². The van der Waals surface area contributed by atoms with Gasteiger partial charge in [0.15, 0.2) is 11.0 Å². The van der Waals surface area contributed by atoms with Crippen molar-refractivity contribution in [2.24, 2.45) is 0 Å². The number of nitrogens with one attached hydrogen (secondary N) is 1. The molecule has 0 aliphatic heterocycles. The monoisotopic (exact) mass is 454 g/mol. The zero-order chi connectivity index (χ0) is 20.8. The minimum Gasteiger partial charge on any atom is -0.486 e. The molecule has 0 unspecified atom stereocenters. The van der Waals surface area contributed by atoms with Gasteiger partial charge in [-0.05, 0) is 43.3 Å². The Morgan fingerprint density at radius 2 is 1.97 bits per heavy atom. The first-order chi connectivity index (χ1) is 14.0. The standard InChI is InChI=1S/C19H17Cl2FN4O2S/c1-2-26-17(10-28-14-7-8-16(22)15(21)9-14)24-25-19(26)29-11-18(27)23-13-5-3-12(20)4-6-13/h3-9H,2,10-11H2,1H3,(H,23,27). The van der Waals surface area contributed by atoms with E-state index in [4.69, 9.17) is 27.9 Å². The van der Waals surface area contributed by atoms with Gasteiger partial charge in [-0.15, -0.1) is 10.2 Å². The fourth-order valence-electron chi connectivity index (χ4n) is 2.43. The summed E-state index contributed by atoms with van der Waals surface area (Å²) in [6.45, 7) is 2.69. The average molecular weight is 455 g/mol. The van der Waals surface area contributed by atoms with E-state index in [1.807, 2.05) is 11.5 Å². The van der Waals surface area contributed by atoms with E-state index >= 15 is 0 Å². The second-order valence-corrected chi connectivity index (χ2v) is 7.64. The van der Waals surface area contributed by atoms with Crippen LogP contribution in [0.1, 0.15) is 12.7 Å². The lowest BCUT2D eigenvalue weighted by molar-refractivity contribution is -0.113. The van der Waals surface area contributed by atoms with Gasteiger partial charge in [0.25, 0.3) is 0 Å². The maximum atomic E-state index is 13.2. The van der Waals surface area contributed by atoms with Crippen molar-refractivity contribution < 1.29 is 13.9 Å². The maximum Gasteiger partial charge on any atom is 0.234 e. The summed E-state index contributed by atoms with van der Waals surface area (Å²) in [6.07, 6.45) is 0. The van der Waals surface area contributed by atoms with Crippen LogP contribution in [0, 0.1) is 5.82 Å². The van der Waals surface area contributed by atoms with Crippen LogP contribution in [0.2, 0.25) is 10.0 Å². The van der Waals surface area contributed by atoms with Crippen LogP contribution in [0.3, 0.4) is 0 Å². The number of ether oxygens (including phenoxy) is 1. The summed E-state index contributed by atoms with van der Waals surface area (Å²) in [5.41, 5.74) is 0.670. The highest BCUT2D eigenvalue weighted by atomic mass is 35.5. The smallest absolute Gasteiger partial charge is 0.234 e. The highest BCUT2D eigenvalue weighted by Crippen LogP contribution is 2.23. The Kier molecular flexibility index (Phi) is 7.35. The lowest BCUT2D eigenvalue weighted by Gasteiger charge is -2.09. The van der Waals surface area contributed by atoms with Gasteiger partial charge in [-0.3, -0.25) is 4.79 Å². The van der Waals surface area contributed by atoms with E-state index in [0.717, 1.165) is 0 Å². The predicted octanol–water partition coefficient (Wildman–Crippen LogP) is 5.05. The molecule has 0 atom stereocenters. The Balaban J connectivity index is 1.57. The molecular formula is C19H17Cl2FN4O2S. The topological polar surface area (TPSA) is 69.0 Å². The van der Waals surface area contributed by atoms with Gasteiger partial charge >= 0.3 is 0 Å². The predicted molar refractivity (Wildman–Crippen MR) is 112 cm³/mol. The summed E-state index contributed by atoms with van der Waals surface area (Å²) in [7, 11) is 0. The molecule has 3 rings (SSSR count). The van der Waals surface area contributed by atoms with Crippen LogP contribution < -0.4 is 10.1 Å². The number of amides is 1. The van der Waals surface area contributed by atoms with Crippen molar-refractivity contribution in [1.29, 1.82) is 0 Å². The summed E-state index contributed by atoms with van der Waals surface area (Å²) in [4.78, 5) is 12.2. The van der Waals surface area contributed by atoms with Gasteiger partial charge in [-0.2, -0.15) is 0 Å². The SMILES string of the molecule is CCn1c(COc2ccc(F)c(Cl)c2)nnc1SCC(=O)Nc1ccc(Cl)cc1. The number of nitrogens with zero attached hydrogens (tertiary/aromatic N) is 3. The molecule has 29 heavy (non-hydrogen) atoms. The van der Waals surface area contributed by atoms with Gasteiger partial charge in [-0.1, -0.05) is 35.0 Å². The lowest BCUT2D eigenvalue weighted by Crippen LogP contribution is -2.14. The molecule has 0 bridgehead atoms. The van der Waals surface area contributed by atoms with E-state index in [2.05, 4.69) is 15.5 Å². The lowest BCUT2D eigenvalue weighted by atomic mass is 10.3. The van der Waals surface area contributed by atoms with E-state index in [1.54, 1.807) is 24.3 Å². The highest BCUT2D eigenvalue weighted by molar-refractivity contribution is 7.99. The molecule has 0 saturated carbocycles. The molecule has 1 amide bonds. The van der Waals surface area contributed by atoms with Crippen LogP contribution in [-0.2, 0) is 17.9 Å². The Hall–Kier alpha value is -2.29. The normalized spacial score (nSPS) is 10.8. The van der Waals surface area contributed by atoms with Gasteiger partial charge < -0.3 is 14.6 Å². The molecule has 0 radical (unpaired) electrons. The summed E-state index contributed by atoms with van der Waals surface area (Å²) in [5, 5.41) is 12.3. The Bertz CT molecular complexity index is 998. The number of hydrogen-bond acceptors (Lipinski definition) is 5. The molecule has 0 saturated heterocycles. The highest BCUT2D eigenvalue weighted by Gasteiger charge is 2.14. The molecule has 1 aromatic heterocycles. The first-order valence-corrected chi connectivity index (χ1v) is 10.4. The number of rotatable bonds is 8. The van der Waals surface area contributed by atoms with Crippen molar-refractivity contribution in [3.63, 3.8) is 0 Å². The van der Waals surface area contributed by atoms with Crippen molar-refractivity contribution in [2.75, 3.05) is 11.1 Å². The summed E-state index contributed by atoms with van der Waals surface area (Å²) in [5.74, 6) is 0.523. The number of thioether (sulfide) groups is 1. The third-order valence-electron chi connectivity index (χ3n) is 3.83. The van der Waals surface area contributed by atoms with Crippen molar-refractivity contribution in [2.45, 2.75) is 25.2 Å². The molecule has 1 heterocycles. The van der Waals surface area contributed by atoms with Crippen molar-refractivity contribution >= 4 is 46.6 Å². The minimum absolute atomic E-state index is 0.0117. The van der Waals surface area contributed by atoms with E-state index in [9.17, 15) is 9.18 Å². The van der Waals surface area contributed by atoms with Crippen LogP contribution in [-0.4, -0.2) is 26.4 Å². The Morgan fingerprint density at radius 3 is 2.66 bits per heavy atom. The fraction of sp³-hybridized carbons (Fsp3) is 0.211. The first-order valence-electron chi connectivity index (χ1n) is 8.64. The second-order valence-electron chi connectivity index (χ2n) is 5.85. The van der Waals surface area contributed by atoms with Crippen LogP contribution >= 0.6 is 35.0 Å². The Morgan fingerprint density at radius 1 is 1.21 bits per heavy atom. The van der Waals surface area contributed by atoms with Crippen LogP contribution in [0.4, 0.5) is 10.1 Å². The molecule has 0 aliphatic rings. The molecule has 3 aromatic rings. The van der Waals surface area contributed by atoms with Crippen LogP contribution in [0.5, 0.6) is 5.75 Å². The van der Waals surface area contributed by atoms with Gasteiger partial charge in [0.1, 0.15) is 18.2 Å². The fourth-order valence-corrected chi connectivity index (χ4v) is 3.54. The molecule has 0 aliphatic carbocycles. The molecule has 6 nitrogen and oxygen atoms in total. The van der Waals surface area contributed by atoms with Gasteiger partial charge in [0.05, 0.1) is 10.8 Å². The summed E-state index contributed by atoms with van der Waals surface area (Å²) < 4.78 is 20.7. The molecule has 152 valence electrons. The molecule has 0 spiro atoms. The van der Waals surface area contributed by atoms with Gasteiger partial charge in [0, 0.05) is 23.3 Å². The number of carbonyl (C=O) groups excluding carboxylic acids is 1. The maximum absolute atomic E-state index is 13.2. The molecule has 1 N–H and O–H groups in total. The van der Waals surface area contributed by atoms with Crippen molar-refractivity contribution in [3.8, 4) is 5.75 Å². The van der Waals surface area contributed by atoms with Gasteiger partial charge in [-0.25, -0.2) is 4.39 Å². The van der Waals surface area contributed by atoms with Crippen molar-refractivity contribution in [3.05, 3.63) is 64.2 Å². The number of halogens is 3. The molecule has 0 fully saturated rings. The Labute approximate surface area is 181 Å². The summed E-state index contributed by atoms with van der Waals surface area (Å²) >= 11 is 12.9. The number of aromatic nitrogens is 3. The van der Waals surface area contributed by atoms with E-state index < -0.39 is 5.82 Å². The number of carbonyl (C=O) groups is 1. The van der Waals surface area contributed by atoms with E-state index in [0.29, 0.717) is 34.0 Å². The molecule has 10 heteroatoms. The summed E-state index contributed by atoms with van der Waals surface area (Å²) in [6, 6.07) is 11.0. The first kappa shape index (κ1) is 21.4. The third kappa shape index (κ3) is 5.85. The van der Waals surface area contributed by atoms with Crippen LogP contribution in [0.25, 0.3) is 0 Å². The van der Waals surface area contributed by atoms with Crippen LogP contribution in [0.15, 0.2) is 47.6 Å². The largest absolute Gasteiger partial charge is 0.486 e. The molecular weight excluding hydrogens is 438 g/mol. The average Bonchev–Trinajstić information content (AvgIpc) is 3.11. The number of anilines is 1. The van der Waals surface area contributed by atoms with E-state index in [-0.39, 0.29) is 23.3 Å². The second kappa shape index (κ2) is 9.96. The molecule has 2 aromatic carbocycles. The minimum atomic E-state index is -0.508. The third-order valence-corrected chi connectivity index (χ3v) is 5.34. The van der Waals surface area contributed by atoms with Gasteiger partial charge in [0.2, 0.25) is 5.91 Å². The quantitative estimate of drug-likeness (QED) is 0.482. The number of benzene rings is 2. The zero-order valence-corrected chi connectivity index (χ0v) is 17.7. The zero-order valence-electron chi connectivity index (χ0n) is 15.4.